The van der Waals surface area contributed by atoms with Gasteiger partial charge in [0, 0.05) is 9.90 Å². The maximum atomic E-state index is 13.1. The van der Waals surface area contributed by atoms with Crippen LogP contribution >= 0.6 is 34.7 Å². The lowest BCUT2D eigenvalue weighted by atomic mass is 10.1. The molecule has 13 heteroatoms. The van der Waals surface area contributed by atoms with Gasteiger partial charge in [-0.2, -0.15) is 0 Å². The third-order valence-corrected chi connectivity index (χ3v) is 9.52. The molecule has 2 heterocycles. The van der Waals surface area contributed by atoms with Crippen LogP contribution in [0.1, 0.15) is 51.1 Å². The number of fused-ring (bicyclic) bond motifs is 1. The number of hydrogen-bond acceptors (Lipinski definition) is 9. The van der Waals surface area contributed by atoms with Crippen LogP contribution in [0.25, 0.3) is 5.69 Å². The molecule has 0 fully saturated rings. The second-order valence-corrected chi connectivity index (χ2v) is 12.6. The topological polar surface area (TPSA) is 124 Å². The third kappa shape index (κ3) is 7.25. The SMILES string of the molecule is CCOC(=O)c1c(NC(=O)CSc2nnc(CNC(=O)COc3ccc(Cl)cc3)n2-c2cccc(C)c2C)sc2c1CCC2. The van der Waals surface area contributed by atoms with E-state index in [9.17, 15) is 14.4 Å². The van der Waals surface area contributed by atoms with Gasteiger partial charge >= 0.3 is 5.97 Å². The normalized spacial score (nSPS) is 12.1. The summed E-state index contributed by atoms with van der Waals surface area (Å²) in [7, 11) is 0. The highest BCUT2D eigenvalue weighted by Gasteiger charge is 2.28. The van der Waals surface area contributed by atoms with Crippen LogP contribution in [0, 0.1) is 13.8 Å². The van der Waals surface area contributed by atoms with Crippen molar-refractivity contribution in [2.45, 2.75) is 51.7 Å². The zero-order valence-corrected chi connectivity index (χ0v) is 27.0. The molecule has 2 aromatic carbocycles. The number of ether oxygens (including phenoxy) is 2. The number of carbonyl (C=O) groups excluding carboxylic acids is 3. The average Bonchev–Trinajstić information content (AvgIpc) is 3.71. The minimum absolute atomic E-state index is 0.0368. The quantitative estimate of drug-likeness (QED) is 0.148. The molecule has 0 saturated carbocycles. The van der Waals surface area contributed by atoms with Gasteiger partial charge in [-0.25, -0.2) is 4.79 Å². The first-order valence-electron chi connectivity index (χ1n) is 14.1. The van der Waals surface area contributed by atoms with Gasteiger partial charge in [-0.05, 0) is 87.1 Å². The number of aryl methyl sites for hydroxylation is 2. The molecule has 1 aliphatic carbocycles. The Labute approximate surface area is 268 Å². The zero-order valence-electron chi connectivity index (χ0n) is 24.6. The molecule has 0 aliphatic heterocycles. The Morgan fingerprint density at radius 1 is 1.07 bits per heavy atom. The third-order valence-electron chi connectivity index (χ3n) is 7.13. The van der Waals surface area contributed by atoms with Gasteiger partial charge in [-0.1, -0.05) is 35.5 Å². The summed E-state index contributed by atoms with van der Waals surface area (Å²) in [5.41, 5.74) is 4.40. The molecule has 5 rings (SSSR count). The first kappa shape index (κ1) is 31.6. The number of aromatic nitrogens is 3. The number of rotatable bonds is 12. The number of halogens is 1. The molecular weight excluding hydrogens is 622 g/mol. The van der Waals surface area contributed by atoms with E-state index in [4.69, 9.17) is 21.1 Å². The monoisotopic (exact) mass is 653 g/mol. The van der Waals surface area contributed by atoms with E-state index in [0.29, 0.717) is 32.3 Å². The molecule has 0 saturated heterocycles. The fraction of sp³-hybridized carbons (Fsp3) is 0.323. The number of benzene rings is 2. The van der Waals surface area contributed by atoms with E-state index in [1.54, 1.807) is 31.2 Å². The Kier molecular flexibility index (Phi) is 10.2. The molecule has 2 aromatic heterocycles. The minimum atomic E-state index is -0.408. The molecule has 0 unspecified atom stereocenters. The van der Waals surface area contributed by atoms with Crippen LogP contribution in [0.2, 0.25) is 5.02 Å². The number of hydrogen-bond donors (Lipinski definition) is 2. The van der Waals surface area contributed by atoms with E-state index in [2.05, 4.69) is 20.8 Å². The van der Waals surface area contributed by atoms with Crippen molar-refractivity contribution in [3.63, 3.8) is 0 Å². The van der Waals surface area contributed by atoms with Crippen LogP contribution in [-0.4, -0.2) is 51.5 Å². The standard InChI is InChI=1S/C31H32ClN5O5S2/c1-4-41-30(40)28-22-8-6-10-24(22)44-29(28)34-27(39)17-43-31-36-35-25(37(31)23-9-5-7-18(2)19(23)3)15-33-26(38)16-42-21-13-11-20(32)12-14-21/h5,7,9,11-14H,4,6,8,10,15-17H2,1-3H3,(H,33,38)(H,34,39). The fourth-order valence-corrected chi connectivity index (χ4v) is 7.02. The van der Waals surface area contributed by atoms with E-state index in [0.717, 1.165) is 46.5 Å². The molecule has 0 spiro atoms. The Bertz CT molecular complexity index is 1690. The molecule has 2 amide bonds. The number of amides is 2. The van der Waals surface area contributed by atoms with Gasteiger partial charge in [0.1, 0.15) is 10.8 Å². The summed E-state index contributed by atoms with van der Waals surface area (Å²) in [5, 5.41) is 16.1. The first-order valence-corrected chi connectivity index (χ1v) is 16.3. The number of nitrogens with zero attached hydrogens (tertiary/aromatic N) is 3. The lowest BCUT2D eigenvalue weighted by Gasteiger charge is -2.15. The van der Waals surface area contributed by atoms with Gasteiger partial charge in [-0.15, -0.1) is 21.5 Å². The summed E-state index contributed by atoms with van der Waals surface area (Å²) in [6, 6.07) is 12.7. The molecule has 10 nitrogen and oxygen atoms in total. The van der Waals surface area contributed by atoms with E-state index >= 15 is 0 Å². The van der Waals surface area contributed by atoms with Crippen molar-refractivity contribution in [3.8, 4) is 11.4 Å². The van der Waals surface area contributed by atoms with Crippen LogP contribution in [0.5, 0.6) is 5.75 Å². The number of thiophene rings is 1. The van der Waals surface area contributed by atoms with Crippen molar-refractivity contribution in [3.05, 3.63) is 80.4 Å². The van der Waals surface area contributed by atoms with E-state index in [1.807, 2.05) is 36.6 Å². The summed E-state index contributed by atoms with van der Waals surface area (Å²) in [6.07, 6.45) is 2.68. The van der Waals surface area contributed by atoms with E-state index < -0.39 is 5.97 Å². The fourth-order valence-electron chi connectivity index (χ4n) is 4.84. The van der Waals surface area contributed by atoms with Crippen molar-refractivity contribution in [2.24, 2.45) is 0 Å². The first-order chi connectivity index (χ1) is 21.2. The molecule has 0 atom stereocenters. The predicted molar refractivity (Wildman–Crippen MR) is 171 cm³/mol. The summed E-state index contributed by atoms with van der Waals surface area (Å²) >= 11 is 8.57. The van der Waals surface area contributed by atoms with Gasteiger partial charge in [0.05, 0.1) is 30.2 Å². The summed E-state index contributed by atoms with van der Waals surface area (Å²) in [5.74, 6) is 0.0568. The summed E-state index contributed by atoms with van der Waals surface area (Å²) in [6.45, 7) is 5.96. The Morgan fingerprint density at radius 2 is 1.86 bits per heavy atom. The molecule has 1 aliphatic rings. The van der Waals surface area contributed by atoms with E-state index in [1.165, 1.54) is 23.1 Å². The number of nitrogens with one attached hydrogen (secondary N) is 2. The van der Waals surface area contributed by atoms with E-state index in [-0.39, 0.29) is 37.3 Å². The van der Waals surface area contributed by atoms with Gasteiger partial charge in [0.15, 0.2) is 17.6 Å². The second-order valence-electron chi connectivity index (χ2n) is 10.1. The van der Waals surface area contributed by atoms with Crippen molar-refractivity contribution in [1.82, 2.24) is 20.1 Å². The van der Waals surface area contributed by atoms with Crippen molar-refractivity contribution >= 4 is 57.5 Å². The van der Waals surface area contributed by atoms with Crippen LogP contribution in [0.3, 0.4) is 0 Å². The highest BCUT2D eigenvalue weighted by atomic mass is 35.5. The molecule has 44 heavy (non-hydrogen) atoms. The zero-order chi connectivity index (χ0) is 31.2. The molecular formula is C31H32ClN5O5S2. The lowest BCUT2D eigenvalue weighted by molar-refractivity contribution is -0.123. The minimum Gasteiger partial charge on any atom is -0.484 e. The van der Waals surface area contributed by atoms with Crippen LogP contribution in [0.15, 0.2) is 47.6 Å². The van der Waals surface area contributed by atoms with Crippen molar-refractivity contribution < 1.29 is 23.9 Å². The Morgan fingerprint density at radius 3 is 2.64 bits per heavy atom. The average molecular weight is 654 g/mol. The van der Waals surface area contributed by atoms with Gasteiger partial charge < -0.3 is 20.1 Å². The maximum absolute atomic E-state index is 13.1. The molecule has 230 valence electrons. The van der Waals surface area contributed by atoms with Gasteiger partial charge in [0.2, 0.25) is 5.91 Å². The molecule has 2 N–H and O–H groups in total. The lowest BCUT2D eigenvalue weighted by Crippen LogP contribution is -2.29. The number of anilines is 1. The van der Waals surface area contributed by atoms with Crippen LogP contribution in [0.4, 0.5) is 5.00 Å². The summed E-state index contributed by atoms with van der Waals surface area (Å²) in [4.78, 5) is 39.5. The number of esters is 1. The van der Waals surface area contributed by atoms with Crippen LogP contribution in [-0.2, 0) is 33.7 Å². The van der Waals surface area contributed by atoms with Gasteiger partial charge in [0.25, 0.3) is 5.91 Å². The highest BCUT2D eigenvalue weighted by Crippen LogP contribution is 2.39. The van der Waals surface area contributed by atoms with Crippen LogP contribution < -0.4 is 15.4 Å². The van der Waals surface area contributed by atoms with Gasteiger partial charge in [-0.3, -0.25) is 14.2 Å². The second kappa shape index (κ2) is 14.3. The predicted octanol–water partition coefficient (Wildman–Crippen LogP) is 5.69. The van der Waals surface area contributed by atoms with Crippen molar-refractivity contribution in [2.75, 3.05) is 24.3 Å². The number of carbonyl (C=O) groups is 3. The maximum Gasteiger partial charge on any atom is 0.341 e. The number of thioether (sulfide) groups is 1. The van der Waals surface area contributed by atoms with Crippen molar-refractivity contribution in [1.29, 1.82) is 0 Å². The smallest absolute Gasteiger partial charge is 0.341 e. The summed E-state index contributed by atoms with van der Waals surface area (Å²) < 4.78 is 12.7. The Balaban J connectivity index is 1.29. The largest absolute Gasteiger partial charge is 0.484 e. The highest BCUT2D eigenvalue weighted by molar-refractivity contribution is 7.99. The molecule has 0 bridgehead atoms. The molecule has 4 aromatic rings. The molecule has 0 radical (unpaired) electrons. The Hall–Kier alpha value is -3.87.